The van der Waals surface area contributed by atoms with Gasteiger partial charge in [0.05, 0.1) is 30.6 Å². The molecule has 11 heteroatoms. The van der Waals surface area contributed by atoms with E-state index in [0.717, 1.165) is 22.5 Å². The second-order valence-electron chi connectivity index (χ2n) is 12.0. The van der Waals surface area contributed by atoms with Crippen molar-refractivity contribution in [2.75, 3.05) is 57.3 Å². The number of morpholine rings is 1. The highest BCUT2D eigenvalue weighted by Gasteiger charge is 2.42. The molecule has 3 aliphatic heterocycles. The lowest BCUT2D eigenvalue weighted by molar-refractivity contribution is -0.121. The third kappa shape index (κ3) is 6.35. The molecular formula is C30H37FN6O4. The number of halogens is 1. The summed E-state index contributed by atoms with van der Waals surface area (Å²) in [4.78, 5) is 38.1. The molecule has 2 amide bonds. The molecule has 0 bridgehead atoms. The number of nitriles is 1. The second-order valence-corrected chi connectivity index (χ2v) is 12.0. The number of carbonyl (C=O) groups excluding carboxylic acids is 1. The zero-order valence-corrected chi connectivity index (χ0v) is 23.8. The number of anilines is 1. The van der Waals surface area contributed by atoms with Crippen molar-refractivity contribution >= 4 is 17.7 Å². The number of fused-ring (bicyclic) bond motifs is 1. The van der Waals surface area contributed by atoms with Gasteiger partial charge in [0.15, 0.2) is 6.10 Å². The number of pyridine rings is 1. The number of amides is 2. The Morgan fingerprint density at radius 1 is 1.20 bits per heavy atom. The smallest absolute Gasteiger partial charge is 0.407 e. The van der Waals surface area contributed by atoms with Crippen molar-refractivity contribution in [3.05, 3.63) is 59.2 Å². The molecular weight excluding hydrogens is 527 g/mol. The van der Waals surface area contributed by atoms with Crippen LogP contribution < -0.4 is 4.90 Å². The molecule has 3 aliphatic rings. The van der Waals surface area contributed by atoms with Crippen LogP contribution in [0.3, 0.4) is 0 Å². The minimum absolute atomic E-state index is 0.0598. The predicted octanol–water partition coefficient (Wildman–Crippen LogP) is 2.71. The summed E-state index contributed by atoms with van der Waals surface area (Å²) >= 11 is 0. The van der Waals surface area contributed by atoms with Gasteiger partial charge in [0.2, 0.25) is 5.91 Å². The number of carbonyl (C=O) groups is 2. The Morgan fingerprint density at radius 2 is 1.95 bits per heavy atom. The van der Waals surface area contributed by atoms with E-state index in [9.17, 15) is 24.3 Å². The standard InChI is InChI=1S/C30H37FN6O4/c1-20-14-35(24(16-36(20)29(39)40)15-34-8-9-41-25(12-32)17-34)18-27(38)37-19-30(2,3)28-26(37)11-22(13-33-28)10-21-4-6-23(31)7-5-21/h4-7,11,13,20,24-25H,8-10,14-19H2,1-3H3,(H,39,40)/t20-,24+,25?/m1/s1. The molecule has 2 saturated heterocycles. The van der Waals surface area contributed by atoms with Gasteiger partial charge < -0.3 is 19.6 Å². The molecule has 4 heterocycles. The summed E-state index contributed by atoms with van der Waals surface area (Å²) in [5.41, 5.74) is 3.22. The molecule has 0 radical (unpaired) electrons. The summed E-state index contributed by atoms with van der Waals surface area (Å²) in [7, 11) is 0. The number of hydrogen-bond donors (Lipinski definition) is 1. The molecule has 1 aromatic heterocycles. The van der Waals surface area contributed by atoms with Crippen LogP contribution in [0.4, 0.5) is 14.9 Å². The van der Waals surface area contributed by atoms with Gasteiger partial charge in [0.1, 0.15) is 5.82 Å². The van der Waals surface area contributed by atoms with Crippen molar-refractivity contribution in [2.45, 2.75) is 50.8 Å². The highest BCUT2D eigenvalue weighted by molar-refractivity contribution is 5.97. The van der Waals surface area contributed by atoms with E-state index in [2.05, 4.69) is 29.7 Å². The summed E-state index contributed by atoms with van der Waals surface area (Å²) < 4.78 is 18.9. The van der Waals surface area contributed by atoms with Gasteiger partial charge in [-0.2, -0.15) is 5.26 Å². The van der Waals surface area contributed by atoms with E-state index in [4.69, 9.17) is 9.72 Å². The van der Waals surface area contributed by atoms with E-state index in [0.29, 0.717) is 45.8 Å². The summed E-state index contributed by atoms with van der Waals surface area (Å²) in [6, 6.07) is 10.1. The fraction of sp³-hybridized carbons (Fsp3) is 0.533. The Labute approximate surface area is 239 Å². The first-order chi connectivity index (χ1) is 19.5. The highest BCUT2D eigenvalue weighted by Crippen LogP contribution is 2.40. The van der Waals surface area contributed by atoms with Crippen molar-refractivity contribution in [3.8, 4) is 6.07 Å². The van der Waals surface area contributed by atoms with Crippen LogP contribution in [0.25, 0.3) is 0 Å². The lowest BCUT2D eigenvalue weighted by Gasteiger charge is -2.46. The molecule has 1 aromatic carbocycles. The van der Waals surface area contributed by atoms with Crippen LogP contribution in [0.2, 0.25) is 0 Å². The molecule has 2 fully saturated rings. The maximum Gasteiger partial charge on any atom is 0.407 e. The highest BCUT2D eigenvalue weighted by atomic mass is 19.1. The van der Waals surface area contributed by atoms with Gasteiger partial charge in [-0.1, -0.05) is 26.0 Å². The minimum atomic E-state index is -0.972. The van der Waals surface area contributed by atoms with Crippen LogP contribution in [-0.4, -0.2) is 107 Å². The number of nitrogens with zero attached hydrogens (tertiary/aromatic N) is 6. The molecule has 41 heavy (non-hydrogen) atoms. The Kier molecular flexibility index (Phi) is 8.27. The average molecular weight is 565 g/mol. The Hall–Kier alpha value is -3.59. The minimum Gasteiger partial charge on any atom is -0.465 e. The topological polar surface area (TPSA) is 113 Å². The van der Waals surface area contributed by atoms with Crippen LogP contribution in [0, 0.1) is 17.1 Å². The van der Waals surface area contributed by atoms with Crippen molar-refractivity contribution in [2.24, 2.45) is 0 Å². The average Bonchev–Trinajstić information content (AvgIpc) is 3.21. The largest absolute Gasteiger partial charge is 0.465 e. The normalized spacial score (nSPS) is 24.6. The number of carboxylic acid groups (broad SMARTS) is 1. The number of benzene rings is 1. The number of piperazine rings is 1. The maximum absolute atomic E-state index is 13.9. The predicted molar refractivity (Wildman–Crippen MR) is 150 cm³/mol. The molecule has 2 aromatic rings. The third-order valence-corrected chi connectivity index (χ3v) is 8.33. The van der Waals surface area contributed by atoms with Crippen LogP contribution in [-0.2, 0) is 21.4 Å². The Bertz CT molecular complexity index is 1330. The zero-order valence-electron chi connectivity index (χ0n) is 23.8. The van der Waals surface area contributed by atoms with Crippen molar-refractivity contribution in [3.63, 3.8) is 0 Å². The zero-order chi connectivity index (χ0) is 29.3. The van der Waals surface area contributed by atoms with Crippen molar-refractivity contribution in [1.29, 1.82) is 5.26 Å². The molecule has 0 aliphatic carbocycles. The van der Waals surface area contributed by atoms with E-state index in [1.54, 1.807) is 12.1 Å². The molecule has 3 atom stereocenters. The van der Waals surface area contributed by atoms with Crippen molar-refractivity contribution < 1.29 is 23.8 Å². The molecule has 5 rings (SSSR count). The first-order valence-electron chi connectivity index (χ1n) is 14.1. The van der Waals surface area contributed by atoms with Crippen molar-refractivity contribution in [1.82, 2.24) is 19.7 Å². The SMILES string of the molecule is C[C@@H]1CN(CC(=O)N2CC(C)(C)c3ncc(Cc4ccc(F)cc4)cc32)[C@@H](CN2CCOC(C#N)C2)CN1C(=O)O. The molecule has 218 valence electrons. The van der Waals surface area contributed by atoms with Gasteiger partial charge in [-0.05, 0) is 42.7 Å². The van der Waals surface area contributed by atoms with E-state index >= 15 is 0 Å². The number of ether oxygens (including phenoxy) is 1. The molecule has 1 unspecified atom stereocenters. The van der Waals surface area contributed by atoms with Crippen LogP contribution in [0.15, 0.2) is 36.5 Å². The van der Waals surface area contributed by atoms with Gasteiger partial charge >= 0.3 is 6.09 Å². The lowest BCUT2D eigenvalue weighted by atomic mass is 9.91. The van der Waals surface area contributed by atoms with Crippen LogP contribution >= 0.6 is 0 Å². The first kappa shape index (κ1) is 28.9. The number of rotatable bonds is 6. The second kappa shape index (κ2) is 11.7. The first-order valence-corrected chi connectivity index (χ1v) is 14.1. The van der Waals surface area contributed by atoms with E-state index in [-0.39, 0.29) is 42.3 Å². The number of hydrogen-bond acceptors (Lipinski definition) is 7. The fourth-order valence-electron chi connectivity index (χ4n) is 6.18. The Morgan fingerprint density at radius 3 is 2.66 bits per heavy atom. The van der Waals surface area contributed by atoms with E-state index in [1.165, 1.54) is 17.0 Å². The molecule has 0 saturated carbocycles. The fourth-order valence-corrected chi connectivity index (χ4v) is 6.18. The summed E-state index contributed by atoms with van der Waals surface area (Å²) in [6.07, 6.45) is 0.915. The van der Waals surface area contributed by atoms with Gasteiger partial charge in [0, 0.05) is 63.0 Å². The quantitative estimate of drug-likeness (QED) is 0.570. The van der Waals surface area contributed by atoms with Crippen LogP contribution in [0.1, 0.15) is 37.6 Å². The van der Waals surface area contributed by atoms with Gasteiger partial charge in [0.25, 0.3) is 0 Å². The third-order valence-electron chi connectivity index (χ3n) is 8.33. The lowest BCUT2D eigenvalue weighted by Crippen LogP contribution is -2.63. The van der Waals surface area contributed by atoms with Gasteiger partial charge in [-0.3, -0.25) is 19.6 Å². The number of aromatic nitrogens is 1. The van der Waals surface area contributed by atoms with E-state index < -0.39 is 12.2 Å². The van der Waals surface area contributed by atoms with Crippen LogP contribution in [0.5, 0.6) is 0 Å². The molecule has 10 nitrogen and oxygen atoms in total. The maximum atomic E-state index is 13.9. The summed E-state index contributed by atoms with van der Waals surface area (Å²) in [5.74, 6) is -0.343. The molecule has 1 N–H and O–H groups in total. The monoisotopic (exact) mass is 564 g/mol. The van der Waals surface area contributed by atoms with Gasteiger partial charge in [-0.25, -0.2) is 9.18 Å². The molecule has 0 spiro atoms. The summed E-state index contributed by atoms with van der Waals surface area (Å²) in [5, 5.41) is 19.1. The summed E-state index contributed by atoms with van der Waals surface area (Å²) in [6.45, 7) is 9.45. The Balaban J connectivity index is 1.35. The van der Waals surface area contributed by atoms with Gasteiger partial charge in [-0.15, -0.1) is 0 Å². The van der Waals surface area contributed by atoms with E-state index in [1.807, 2.05) is 24.1 Å².